The highest BCUT2D eigenvalue weighted by Crippen LogP contribution is 2.34. The summed E-state index contributed by atoms with van der Waals surface area (Å²) in [5.74, 6) is 0.397. The van der Waals surface area contributed by atoms with Crippen molar-refractivity contribution in [3.8, 4) is 0 Å². The third-order valence-electron chi connectivity index (χ3n) is 3.35. The van der Waals surface area contributed by atoms with Gasteiger partial charge in [0.25, 0.3) is 0 Å². The summed E-state index contributed by atoms with van der Waals surface area (Å²) in [5.41, 5.74) is 2.12. The molecule has 0 atom stereocenters. The van der Waals surface area contributed by atoms with E-state index < -0.39 is 0 Å². The molecule has 0 fully saturated rings. The van der Waals surface area contributed by atoms with Gasteiger partial charge in [-0.1, -0.05) is 18.2 Å². The van der Waals surface area contributed by atoms with Gasteiger partial charge < -0.3 is 10.2 Å². The van der Waals surface area contributed by atoms with Gasteiger partial charge in [0, 0.05) is 32.4 Å². The fraction of sp³-hybridized carbons (Fsp3) is 0.308. The highest BCUT2D eigenvalue weighted by molar-refractivity contribution is 5.70. The Morgan fingerprint density at radius 1 is 1.40 bits per heavy atom. The first-order valence-electron chi connectivity index (χ1n) is 6.41. The largest absolute Gasteiger partial charge is 0.331 e. The van der Waals surface area contributed by atoms with E-state index in [9.17, 15) is 10.1 Å². The molecule has 1 aliphatic rings. The summed E-state index contributed by atoms with van der Waals surface area (Å²) in [5, 5.41) is 18.8. The molecule has 0 bridgehead atoms. The van der Waals surface area contributed by atoms with Gasteiger partial charge in [0.15, 0.2) is 0 Å². The summed E-state index contributed by atoms with van der Waals surface area (Å²) in [6.07, 6.45) is 1.44. The number of hydrogen-bond acceptors (Lipinski definition) is 5. The number of nitro groups is 1. The van der Waals surface area contributed by atoms with Gasteiger partial charge in [0.1, 0.15) is 6.20 Å². The van der Waals surface area contributed by atoms with E-state index in [1.807, 2.05) is 29.2 Å². The van der Waals surface area contributed by atoms with Crippen LogP contribution in [0.5, 0.6) is 0 Å². The van der Waals surface area contributed by atoms with Gasteiger partial charge in [-0.3, -0.25) is 14.8 Å². The smallest absolute Gasteiger partial charge is 0.318 e. The minimum absolute atomic E-state index is 0.0317. The van der Waals surface area contributed by atoms with Gasteiger partial charge in [0.05, 0.1) is 4.92 Å². The molecule has 1 aromatic carbocycles. The van der Waals surface area contributed by atoms with Crippen molar-refractivity contribution in [3.05, 3.63) is 46.1 Å². The quantitative estimate of drug-likeness (QED) is 0.664. The van der Waals surface area contributed by atoms with Crippen LogP contribution in [0.3, 0.4) is 0 Å². The van der Waals surface area contributed by atoms with Crippen LogP contribution in [0.2, 0.25) is 0 Å². The van der Waals surface area contributed by atoms with Gasteiger partial charge in [-0.25, -0.2) is 0 Å². The fourth-order valence-corrected chi connectivity index (χ4v) is 2.46. The molecule has 7 nitrogen and oxygen atoms in total. The molecule has 2 aromatic rings. The second-order valence-corrected chi connectivity index (χ2v) is 4.73. The van der Waals surface area contributed by atoms with Gasteiger partial charge in [-0.15, -0.1) is 5.10 Å². The maximum absolute atomic E-state index is 11.2. The molecule has 0 saturated heterocycles. The second kappa shape index (κ2) is 4.93. The minimum Gasteiger partial charge on any atom is -0.318 e. The van der Waals surface area contributed by atoms with Crippen molar-refractivity contribution in [1.82, 2.24) is 15.1 Å². The lowest BCUT2D eigenvalue weighted by molar-refractivity contribution is -0.384. The normalized spacial score (nSPS) is 14.8. The first-order valence-corrected chi connectivity index (χ1v) is 6.41. The molecule has 0 unspecified atom stereocenters. The van der Waals surface area contributed by atoms with Crippen LogP contribution in [0.25, 0.3) is 0 Å². The monoisotopic (exact) mass is 273 g/mol. The SMILES string of the molecule is Cn1cc([N+](=O)[O-])c(N2CCNCc3ccccc32)n1. The first kappa shape index (κ1) is 12.6. The highest BCUT2D eigenvalue weighted by Gasteiger charge is 2.27. The third kappa shape index (κ3) is 2.12. The van der Waals surface area contributed by atoms with Crippen molar-refractivity contribution >= 4 is 17.2 Å². The molecule has 0 radical (unpaired) electrons. The van der Waals surface area contributed by atoms with E-state index in [4.69, 9.17) is 0 Å². The highest BCUT2D eigenvalue weighted by atomic mass is 16.6. The zero-order valence-corrected chi connectivity index (χ0v) is 11.1. The van der Waals surface area contributed by atoms with Crippen LogP contribution in [-0.2, 0) is 13.6 Å². The summed E-state index contributed by atoms with van der Waals surface area (Å²) < 4.78 is 1.48. The lowest BCUT2D eigenvalue weighted by atomic mass is 10.1. The van der Waals surface area contributed by atoms with E-state index in [2.05, 4.69) is 10.4 Å². The second-order valence-electron chi connectivity index (χ2n) is 4.73. The zero-order valence-electron chi connectivity index (χ0n) is 11.1. The molecule has 3 rings (SSSR count). The third-order valence-corrected chi connectivity index (χ3v) is 3.35. The lowest BCUT2D eigenvalue weighted by Crippen LogP contribution is -2.25. The van der Waals surface area contributed by atoms with Crippen molar-refractivity contribution in [1.29, 1.82) is 0 Å². The van der Waals surface area contributed by atoms with Gasteiger partial charge >= 0.3 is 5.69 Å². The van der Waals surface area contributed by atoms with Crippen LogP contribution in [0, 0.1) is 10.1 Å². The maximum atomic E-state index is 11.2. The van der Waals surface area contributed by atoms with Crippen molar-refractivity contribution in [2.45, 2.75) is 6.54 Å². The number of anilines is 2. The number of rotatable bonds is 2. The molecule has 1 N–H and O–H groups in total. The molecule has 0 spiro atoms. The molecule has 1 aromatic heterocycles. The van der Waals surface area contributed by atoms with Crippen molar-refractivity contribution < 1.29 is 4.92 Å². The summed E-state index contributed by atoms with van der Waals surface area (Å²) in [6, 6.07) is 7.90. The van der Waals surface area contributed by atoms with Crippen LogP contribution >= 0.6 is 0 Å². The van der Waals surface area contributed by atoms with Gasteiger partial charge in [-0.2, -0.15) is 0 Å². The molecule has 7 heteroatoms. The maximum Gasteiger partial charge on any atom is 0.331 e. The van der Waals surface area contributed by atoms with E-state index in [0.29, 0.717) is 12.4 Å². The summed E-state index contributed by atoms with van der Waals surface area (Å²) in [7, 11) is 1.69. The summed E-state index contributed by atoms with van der Waals surface area (Å²) >= 11 is 0. The first-order chi connectivity index (χ1) is 9.66. The Labute approximate surface area is 116 Å². The minimum atomic E-state index is -0.386. The molecule has 0 saturated carbocycles. The van der Waals surface area contributed by atoms with E-state index in [-0.39, 0.29) is 10.6 Å². The number of aryl methyl sites for hydroxylation is 1. The van der Waals surface area contributed by atoms with Crippen LogP contribution in [0.15, 0.2) is 30.5 Å². The Morgan fingerprint density at radius 2 is 2.20 bits per heavy atom. The van der Waals surface area contributed by atoms with Crippen molar-refractivity contribution in [2.24, 2.45) is 7.05 Å². The number of para-hydroxylation sites is 1. The molecule has 0 aliphatic carbocycles. The molecule has 104 valence electrons. The Morgan fingerprint density at radius 3 is 3.00 bits per heavy atom. The summed E-state index contributed by atoms with van der Waals surface area (Å²) in [4.78, 5) is 12.7. The Kier molecular flexibility index (Phi) is 3.11. The molecule has 0 amide bonds. The molecule has 20 heavy (non-hydrogen) atoms. The zero-order chi connectivity index (χ0) is 14.1. The van der Waals surface area contributed by atoms with E-state index in [0.717, 1.165) is 24.3 Å². The Hall–Kier alpha value is -2.41. The fourth-order valence-electron chi connectivity index (χ4n) is 2.46. The Bertz CT molecular complexity index is 652. The predicted molar refractivity (Wildman–Crippen MR) is 75.0 cm³/mol. The van der Waals surface area contributed by atoms with Gasteiger partial charge in [-0.05, 0) is 11.6 Å². The summed E-state index contributed by atoms with van der Waals surface area (Å²) in [6.45, 7) is 2.16. The number of hydrogen-bond donors (Lipinski definition) is 1. The average molecular weight is 273 g/mol. The van der Waals surface area contributed by atoms with Crippen LogP contribution < -0.4 is 10.2 Å². The van der Waals surface area contributed by atoms with Gasteiger partial charge in [0.2, 0.25) is 5.82 Å². The number of fused-ring (bicyclic) bond motifs is 1. The van der Waals surface area contributed by atoms with E-state index in [1.54, 1.807) is 7.05 Å². The standard InChI is InChI=1S/C13H15N5O2/c1-16-9-12(18(19)20)13(15-16)17-7-6-14-8-10-4-2-3-5-11(10)17/h2-5,9,14H,6-8H2,1H3. The number of nitrogens with one attached hydrogen (secondary N) is 1. The molecule has 1 aliphatic heterocycles. The number of nitrogens with zero attached hydrogens (tertiary/aromatic N) is 4. The number of aromatic nitrogens is 2. The van der Waals surface area contributed by atoms with Crippen LogP contribution in [0.1, 0.15) is 5.56 Å². The van der Waals surface area contributed by atoms with E-state index in [1.165, 1.54) is 10.9 Å². The van der Waals surface area contributed by atoms with Crippen molar-refractivity contribution in [3.63, 3.8) is 0 Å². The average Bonchev–Trinajstić information content (AvgIpc) is 2.70. The van der Waals surface area contributed by atoms with E-state index >= 15 is 0 Å². The molecular formula is C13H15N5O2. The van der Waals surface area contributed by atoms with Crippen LogP contribution in [-0.4, -0.2) is 27.8 Å². The Balaban J connectivity index is 2.12. The van der Waals surface area contributed by atoms with Crippen LogP contribution in [0.4, 0.5) is 17.2 Å². The predicted octanol–water partition coefficient (Wildman–Crippen LogP) is 1.57. The number of benzene rings is 1. The lowest BCUT2D eigenvalue weighted by Gasteiger charge is -2.21. The molecule has 2 heterocycles. The molecular weight excluding hydrogens is 258 g/mol. The topological polar surface area (TPSA) is 76.2 Å². The van der Waals surface area contributed by atoms with Crippen molar-refractivity contribution in [2.75, 3.05) is 18.0 Å².